The van der Waals surface area contributed by atoms with Crippen LogP contribution in [0, 0.1) is 0 Å². The fraction of sp³-hybridized carbons (Fsp3) is 0.143. The van der Waals surface area contributed by atoms with Crippen molar-refractivity contribution in [2.45, 2.75) is 13.0 Å². The van der Waals surface area contributed by atoms with Crippen molar-refractivity contribution in [3.8, 4) is 0 Å². The molecular formula is C14H11Cl2N5O. The molecule has 3 aromatic heterocycles. The zero-order valence-electron chi connectivity index (χ0n) is 11.5. The summed E-state index contributed by atoms with van der Waals surface area (Å²) in [5.74, 6) is 0.190. The smallest absolute Gasteiger partial charge is 0.272 e. The van der Waals surface area contributed by atoms with Crippen molar-refractivity contribution in [2.24, 2.45) is 0 Å². The predicted octanol–water partition coefficient (Wildman–Crippen LogP) is 2.92. The average Bonchev–Trinajstić information content (AvgIpc) is 2.93. The Labute approximate surface area is 136 Å². The first-order valence-electron chi connectivity index (χ1n) is 6.49. The Bertz CT molecular complexity index is 848. The van der Waals surface area contributed by atoms with E-state index in [0.29, 0.717) is 11.5 Å². The standard InChI is InChI=1S/C14H11Cl2N5O/c1-8(13-20-19-11-4-2-3-7-21(11)13)17-14(22)12-9(15)5-6-10(16)18-12/h2-8H,1H3,(H,17,22). The first-order valence-corrected chi connectivity index (χ1v) is 7.24. The second-order valence-electron chi connectivity index (χ2n) is 4.65. The van der Waals surface area contributed by atoms with Crippen LogP contribution in [0.1, 0.15) is 29.3 Å². The van der Waals surface area contributed by atoms with Gasteiger partial charge in [0, 0.05) is 6.20 Å². The number of pyridine rings is 2. The van der Waals surface area contributed by atoms with Gasteiger partial charge in [0.1, 0.15) is 10.8 Å². The molecule has 1 atom stereocenters. The van der Waals surface area contributed by atoms with Crippen LogP contribution in [0.15, 0.2) is 36.5 Å². The number of carbonyl (C=O) groups is 1. The zero-order chi connectivity index (χ0) is 15.7. The highest BCUT2D eigenvalue weighted by atomic mass is 35.5. The van der Waals surface area contributed by atoms with Gasteiger partial charge in [-0.05, 0) is 31.2 Å². The maximum absolute atomic E-state index is 12.3. The van der Waals surface area contributed by atoms with Crippen LogP contribution in [0.2, 0.25) is 10.2 Å². The fourth-order valence-electron chi connectivity index (χ4n) is 2.06. The molecule has 6 nitrogen and oxygen atoms in total. The molecule has 3 heterocycles. The monoisotopic (exact) mass is 335 g/mol. The van der Waals surface area contributed by atoms with Crippen molar-refractivity contribution in [3.05, 3.63) is 58.2 Å². The molecule has 3 rings (SSSR count). The van der Waals surface area contributed by atoms with Gasteiger partial charge in [-0.25, -0.2) is 4.98 Å². The third-order valence-electron chi connectivity index (χ3n) is 3.10. The highest BCUT2D eigenvalue weighted by Crippen LogP contribution is 2.18. The molecule has 0 saturated heterocycles. The van der Waals surface area contributed by atoms with E-state index in [4.69, 9.17) is 23.2 Å². The van der Waals surface area contributed by atoms with E-state index in [2.05, 4.69) is 20.5 Å². The van der Waals surface area contributed by atoms with Crippen molar-refractivity contribution in [1.82, 2.24) is 24.9 Å². The Kier molecular flexibility index (Phi) is 3.96. The van der Waals surface area contributed by atoms with E-state index >= 15 is 0 Å². The minimum absolute atomic E-state index is 0.0786. The Morgan fingerprint density at radius 2 is 2.05 bits per heavy atom. The molecule has 1 unspecified atom stereocenters. The average molecular weight is 336 g/mol. The Morgan fingerprint density at radius 3 is 2.86 bits per heavy atom. The molecule has 3 aromatic rings. The minimum Gasteiger partial charge on any atom is -0.341 e. The van der Waals surface area contributed by atoms with E-state index in [-0.39, 0.29) is 21.9 Å². The second kappa shape index (κ2) is 5.90. The molecule has 112 valence electrons. The largest absolute Gasteiger partial charge is 0.341 e. The molecule has 1 N–H and O–H groups in total. The van der Waals surface area contributed by atoms with E-state index in [0.717, 1.165) is 0 Å². The number of aromatic nitrogens is 4. The zero-order valence-corrected chi connectivity index (χ0v) is 13.0. The van der Waals surface area contributed by atoms with Gasteiger partial charge >= 0.3 is 0 Å². The summed E-state index contributed by atoms with van der Waals surface area (Å²) in [5.41, 5.74) is 0.785. The van der Waals surface area contributed by atoms with Crippen LogP contribution in [0.4, 0.5) is 0 Å². The number of hydrogen-bond acceptors (Lipinski definition) is 4. The summed E-state index contributed by atoms with van der Waals surface area (Å²) in [6, 6.07) is 8.25. The maximum Gasteiger partial charge on any atom is 0.272 e. The van der Waals surface area contributed by atoms with Crippen molar-refractivity contribution in [3.63, 3.8) is 0 Å². The molecular weight excluding hydrogens is 325 g/mol. The fourth-order valence-corrected chi connectivity index (χ4v) is 2.40. The summed E-state index contributed by atoms with van der Waals surface area (Å²) in [6.45, 7) is 1.81. The second-order valence-corrected chi connectivity index (χ2v) is 5.44. The number of hydrogen-bond donors (Lipinski definition) is 1. The number of carbonyl (C=O) groups excluding carboxylic acids is 1. The lowest BCUT2D eigenvalue weighted by Gasteiger charge is -2.12. The van der Waals surface area contributed by atoms with Crippen molar-refractivity contribution >= 4 is 34.8 Å². The summed E-state index contributed by atoms with van der Waals surface area (Å²) in [4.78, 5) is 16.2. The van der Waals surface area contributed by atoms with Gasteiger partial charge in [-0.3, -0.25) is 9.20 Å². The lowest BCUT2D eigenvalue weighted by atomic mass is 10.2. The molecule has 0 fully saturated rings. The maximum atomic E-state index is 12.3. The molecule has 0 bridgehead atoms. The normalized spacial score (nSPS) is 12.3. The quantitative estimate of drug-likeness (QED) is 0.747. The van der Waals surface area contributed by atoms with Crippen LogP contribution in [0.25, 0.3) is 5.65 Å². The Balaban J connectivity index is 1.86. The van der Waals surface area contributed by atoms with Crippen molar-refractivity contribution in [2.75, 3.05) is 0 Å². The molecule has 0 aliphatic carbocycles. The van der Waals surface area contributed by atoms with E-state index in [9.17, 15) is 4.79 Å². The highest BCUT2D eigenvalue weighted by Gasteiger charge is 2.19. The number of fused-ring (bicyclic) bond motifs is 1. The van der Waals surface area contributed by atoms with Crippen molar-refractivity contribution < 1.29 is 4.79 Å². The number of nitrogens with one attached hydrogen (secondary N) is 1. The summed E-state index contributed by atoms with van der Waals surface area (Å²) in [6.07, 6.45) is 1.83. The summed E-state index contributed by atoms with van der Waals surface area (Å²) >= 11 is 11.8. The van der Waals surface area contributed by atoms with E-state index in [1.54, 1.807) is 11.3 Å². The van der Waals surface area contributed by atoms with Crippen LogP contribution in [0.3, 0.4) is 0 Å². The molecule has 8 heteroatoms. The van der Waals surface area contributed by atoms with E-state index in [1.165, 1.54) is 12.1 Å². The van der Waals surface area contributed by atoms with Gasteiger partial charge in [-0.1, -0.05) is 29.3 Å². The van der Waals surface area contributed by atoms with Crippen LogP contribution in [0.5, 0.6) is 0 Å². The van der Waals surface area contributed by atoms with Gasteiger partial charge < -0.3 is 5.32 Å². The van der Waals surface area contributed by atoms with E-state index < -0.39 is 5.91 Å². The number of rotatable bonds is 3. The molecule has 1 amide bonds. The Hall–Kier alpha value is -2.18. The summed E-state index contributed by atoms with van der Waals surface area (Å²) in [5, 5.41) is 11.4. The number of amides is 1. The third kappa shape index (κ3) is 2.75. The van der Waals surface area contributed by atoms with Gasteiger partial charge in [-0.2, -0.15) is 0 Å². The first-order chi connectivity index (χ1) is 10.6. The molecule has 22 heavy (non-hydrogen) atoms. The lowest BCUT2D eigenvalue weighted by Crippen LogP contribution is -2.29. The molecule has 0 radical (unpaired) electrons. The van der Waals surface area contributed by atoms with Gasteiger partial charge in [0.25, 0.3) is 5.91 Å². The highest BCUT2D eigenvalue weighted by molar-refractivity contribution is 6.34. The molecule has 0 spiro atoms. The lowest BCUT2D eigenvalue weighted by molar-refractivity contribution is 0.0933. The SMILES string of the molecule is CC(NC(=O)c1nc(Cl)ccc1Cl)c1nnc2ccccn12. The van der Waals surface area contributed by atoms with Crippen LogP contribution in [-0.2, 0) is 0 Å². The molecule has 0 aromatic carbocycles. The van der Waals surface area contributed by atoms with Crippen molar-refractivity contribution in [1.29, 1.82) is 0 Å². The van der Waals surface area contributed by atoms with E-state index in [1.807, 2.05) is 24.4 Å². The molecule has 0 aliphatic rings. The summed E-state index contributed by atoms with van der Waals surface area (Å²) in [7, 11) is 0. The molecule has 0 aliphatic heterocycles. The third-order valence-corrected chi connectivity index (χ3v) is 3.62. The van der Waals surface area contributed by atoms with Gasteiger partial charge in [-0.15, -0.1) is 10.2 Å². The minimum atomic E-state index is -0.423. The molecule has 0 saturated carbocycles. The van der Waals surface area contributed by atoms with Crippen LogP contribution in [-0.4, -0.2) is 25.5 Å². The van der Waals surface area contributed by atoms with Crippen LogP contribution < -0.4 is 5.32 Å². The summed E-state index contributed by atoms with van der Waals surface area (Å²) < 4.78 is 1.80. The predicted molar refractivity (Wildman–Crippen MR) is 83.1 cm³/mol. The van der Waals surface area contributed by atoms with Gasteiger partial charge in [0.15, 0.2) is 11.5 Å². The first kappa shape index (κ1) is 14.7. The number of nitrogens with zero attached hydrogens (tertiary/aromatic N) is 4. The Morgan fingerprint density at radius 1 is 1.23 bits per heavy atom. The van der Waals surface area contributed by atoms with Gasteiger partial charge in [0.2, 0.25) is 0 Å². The number of halogens is 2. The topological polar surface area (TPSA) is 72.2 Å². The van der Waals surface area contributed by atoms with Gasteiger partial charge in [0.05, 0.1) is 11.1 Å². The van der Waals surface area contributed by atoms with Crippen LogP contribution >= 0.6 is 23.2 Å².